The van der Waals surface area contributed by atoms with Crippen LogP contribution in [0.5, 0.6) is 0 Å². The Morgan fingerprint density at radius 3 is 1.04 bits per heavy atom. The van der Waals surface area contributed by atoms with E-state index in [0.717, 1.165) is 0 Å². The van der Waals surface area contributed by atoms with Gasteiger partial charge in [0.15, 0.2) is 0 Å². The SMILES string of the molecule is OCC(CO)OCC(CO)OCC(CO)OCC(CO)OC(CO)CO. The fraction of sp³-hybridized carbons (Fsp3) is 1.00. The topological polar surface area (TPSA) is 179 Å². The lowest BCUT2D eigenvalue weighted by atomic mass is 10.3. The minimum atomic E-state index is -0.846. The first-order chi connectivity index (χ1) is 12.6. The molecule has 0 spiro atoms. The molecule has 0 aliphatic carbocycles. The molecule has 0 radical (unpaired) electrons. The van der Waals surface area contributed by atoms with Crippen LogP contribution in [0.3, 0.4) is 0 Å². The minimum Gasteiger partial charge on any atom is -0.394 e. The number of rotatable bonds is 18. The second kappa shape index (κ2) is 16.7. The zero-order chi connectivity index (χ0) is 19.8. The van der Waals surface area contributed by atoms with Crippen molar-refractivity contribution in [2.75, 3.05) is 66.1 Å². The first-order valence-corrected chi connectivity index (χ1v) is 8.34. The van der Waals surface area contributed by atoms with Gasteiger partial charge >= 0.3 is 0 Å². The highest BCUT2D eigenvalue weighted by atomic mass is 16.6. The van der Waals surface area contributed by atoms with Crippen LogP contribution in [0.2, 0.25) is 0 Å². The Labute approximate surface area is 152 Å². The molecule has 0 rings (SSSR count). The first-order valence-electron chi connectivity index (χ1n) is 8.34. The highest BCUT2D eigenvalue weighted by molar-refractivity contribution is 4.65. The van der Waals surface area contributed by atoms with Gasteiger partial charge in [0.2, 0.25) is 0 Å². The summed E-state index contributed by atoms with van der Waals surface area (Å²) in [6.07, 6.45) is -3.94. The maximum absolute atomic E-state index is 9.32. The number of ether oxygens (including phenoxy) is 4. The summed E-state index contributed by atoms with van der Waals surface area (Å²) in [5, 5.41) is 63.5. The number of aliphatic hydroxyl groups is 7. The monoisotopic (exact) mass is 388 g/mol. The van der Waals surface area contributed by atoms with E-state index in [2.05, 4.69) is 0 Å². The Hall–Kier alpha value is -0.440. The van der Waals surface area contributed by atoms with Crippen molar-refractivity contribution in [3.05, 3.63) is 0 Å². The van der Waals surface area contributed by atoms with Gasteiger partial charge in [-0.15, -0.1) is 0 Å². The van der Waals surface area contributed by atoms with E-state index < -0.39 is 56.9 Å². The van der Waals surface area contributed by atoms with Crippen molar-refractivity contribution >= 4 is 0 Å². The average molecular weight is 388 g/mol. The lowest BCUT2D eigenvalue weighted by Gasteiger charge is -2.25. The average Bonchev–Trinajstić information content (AvgIpc) is 2.69. The van der Waals surface area contributed by atoms with Crippen molar-refractivity contribution < 1.29 is 54.7 Å². The number of hydrogen-bond donors (Lipinski definition) is 7. The zero-order valence-electron chi connectivity index (χ0n) is 14.7. The van der Waals surface area contributed by atoms with Crippen LogP contribution in [0.4, 0.5) is 0 Å². The molecule has 0 saturated carbocycles. The third-order valence-electron chi connectivity index (χ3n) is 3.36. The van der Waals surface area contributed by atoms with E-state index in [1.807, 2.05) is 0 Å². The fourth-order valence-corrected chi connectivity index (χ4v) is 1.75. The molecule has 0 saturated heterocycles. The molecule has 7 N–H and O–H groups in total. The molecule has 0 aromatic carbocycles. The first kappa shape index (κ1) is 25.6. The Kier molecular flexibility index (Phi) is 16.4. The summed E-state index contributed by atoms with van der Waals surface area (Å²) < 4.78 is 21.1. The third-order valence-corrected chi connectivity index (χ3v) is 3.36. The molecule has 0 aliphatic heterocycles. The summed E-state index contributed by atoms with van der Waals surface area (Å²) in [5.41, 5.74) is 0. The van der Waals surface area contributed by atoms with Crippen molar-refractivity contribution in [2.45, 2.75) is 30.5 Å². The van der Waals surface area contributed by atoms with Crippen molar-refractivity contribution in [3.63, 3.8) is 0 Å². The molecule has 0 aromatic rings. The molecular formula is C15H32O11. The van der Waals surface area contributed by atoms with Crippen LogP contribution >= 0.6 is 0 Å². The van der Waals surface area contributed by atoms with E-state index in [1.165, 1.54) is 0 Å². The normalized spacial score (nSPS) is 15.6. The maximum Gasteiger partial charge on any atom is 0.104 e. The Morgan fingerprint density at radius 2 is 0.692 bits per heavy atom. The van der Waals surface area contributed by atoms with Crippen LogP contribution in [0.15, 0.2) is 0 Å². The molecule has 3 unspecified atom stereocenters. The molecule has 3 atom stereocenters. The lowest BCUT2D eigenvalue weighted by molar-refractivity contribution is -0.142. The summed E-state index contributed by atoms with van der Waals surface area (Å²) in [6, 6.07) is 0. The van der Waals surface area contributed by atoms with Crippen LogP contribution in [0, 0.1) is 0 Å². The van der Waals surface area contributed by atoms with E-state index >= 15 is 0 Å². The van der Waals surface area contributed by atoms with Gasteiger partial charge in [0, 0.05) is 0 Å². The third kappa shape index (κ3) is 11.3. The highest BCUT2D eigenvalue weighted by Gasteiger charge is 2.19. The van der Waals surface area contributed by atoms with Gasteiger partial charge in [-0.2, -0.15) is 0 Å². The Morgan fingerprint density at radius 1 is 0.385 bits per heavy atom. The van der Waals surface area contributed by atoms with Crippen LogP contribution in [0.25, 0.3) is 0 Å². The van der Waals surface area contributed by atoms with Crippen molar-refractivity contribution in [1.29, 1.82) is 0 Å². The summed E-state index contributed by atoms with van der Waals surface area (Å²) in [4.78, 5) is 0. The molecule has 0 amide bonds. The molecule has 11 nitrogen and oxygen atoms in total. The van der Waals surface area contributed by atoms with Gasteiger partial charge < -0.3 is 54.7 Å². The van der Waals surface area contributed by atoms with Crippen molar-refractivity contribution in [1.82, 2.24) is 0 Å². The van der Waals surface area contributed by atoms with E-state index in [9.17, 15) is 15.3 Å². The number of hydrogen-bond acceptors (Lipinski definition) is 11. The molecule has 0 bridgehead atoms. The molecule has 158 valence electrons. The molecule has 0 aliphatic rings. The second-order valence-electron chi connectivity index (χ2n) is 5.52. The van der Waals surface area contributed by atoms with Gasteiger partial charge in [-0.05, 0) is 0 Å². The van der Waals surface area contributed by atoms with Gasteiger partial charge in [0.05, 0.1) is 66.1 Å². The number of aliphatic hydroxyl groups excluding tert-OH is 7. The second-order valence-corrected chi connectivity index (χ2v) is 5.52. The summed E-state index contributed by atoms with van der Waals surface area (Å²) in [5.74, 6) is 0. The van der Waals surface area contributed by atoms with E-state index in [0.29, 0.717) is 0 Å². The molecular weight excluding hydrogens is 356 g/mol. The largest absolute Gasteiger partial charge is 0.394 e. The molecule has 0 fully saturated rings. The zero-order valence-corrected chi connectivity index (χ0v) is 14.7. The lowest BCUT2D eigenvalue weighted by Crippen LogP contribution is -2.37. The predicted molar refractivity (Wildman–Crippen MR) is 87.5 cm³/mol. The van der Waals surface area contributed by atoms with Gasteiger partial charge in [0.25, 0.3) is 0 Å². The van der Waals surface area contributed by atoms with E-state index in [1.54, 1.807) is 0 Å². The molecule has 26 heavy (non-hydrogen) atoms. The Bertz CT molecular complexity index is 299. The van der Waals surface area contributed by atoms with E-state index in [-0.39, 0.29) is 39.6 Å². The highest BCUT2D eigenvalue weighted by Crippen LogP contribution is 2.04. The van der Waals surface area contributed by atoms with Gasteiger partial charge in [0.1, 0.15) is 30.5 Å². The van der Waals surface area contributed by atoms with Crippen LogP contribution in [0.1, 0.15) is 0 Å². The Balaban J connectivity index is 4.25. The quantitative estimate of drug-likeness (QED) is 0.121. The van der Waals surface area contributed by atoms with Crippen molar-refractivity contribution in [2.24, 2.45) is 0 Å². The van der Waals surface area contributed by atoms with Crippen LogP contribution in [-0.2, 0) is 18.9 Å². The summed E-state index contributed by atoms with van der Waals surface area (Å²) >= 11 is 0. The molecule has 0 heterocycles. The van der Waals surface area contributed by atoms with Crippen molar-refractivity contribution in [3.8, 4) is 0 Å². The van der Waals surface area contributed by atoms with Crippen LogP contribution in [-0.4, -0.2) is 132 Å². The van der Waals surface area contributed by atoms with Gasteiger partial charge in [-0.1, -0.05) is 0 Å². The molecule has 11 heteroatoms. The minimum absolute atomic E-state index is 0.0719. The van der Waals surface area contributed by atoms with Crippen LogP contribution < -0.4 is 0 Å². The molecule has 0 aromatic heterocycles. The summed E-state index contributed by atoms with van der Waals surface area (Å²) in [7, 11) is 0. The standard InChI is InChI=1S/C15H32O11/c16-1-11(2-17)23-8-13(5-20)24-9-14(6-21)25-10-15(7-22)26-12(3-18)4-19/h11-22H,1-10H2. The van der Waals surface area contributed by atoms with Gasteiger partial charge in [-0.3, -0.25) is 0 Å². The van der Waals surface area contributed by atoms with E-state index in [4.69, 9.17) is 39.4 Å². The maximum atomic E-state index is 9.32. The predicted octanol–water partition coefficient (Wildman–Crippen LogP) is -4.16. The van der Waals surface area contributed by atoms with Gasteiger partial charge in [-0.25, -0.2) is 0 Å². The fourth-order valence-electron chi connectivity index (χ4n) is 1.75. The smallest absolute Gasteiger partial charge is 0.104 e. The summed E-state index contributed by atoms with van der Waals surface area (Å²) in [6.45, 7) is -3.03.